The summed E-state index contributed by atoms with van der Waals surface area (Å²) in [6.07, 6.45) is 4.28. The summed E-state index contributed by atoms with van der Waals surface area (Å²) in [4.78, 5) is 30.6. The van der Waals surface area contributed by atoms with Crippen LogP contribution in [0.1, 0.15) is 43.2 Å². The van der Waals surface area contributed by atoms with Gasteiger partial charge in [0, 0.05) is 37.8 Å². The highest BCUT2D eigenvalue weighted by Gasteiger charge is 2.43. The lowest BCUT2D eigenvalue weighted by Gasteiger charge is -2.39. The maximum atomic E-state index is 13.4. The topological polar surface area (TPSA) is 52.7 Å². The summed E-state index contributed by atoms with van der Waals surface area (Å²) in [6.45, 7) is 5.11. The molecule has 2 aromatic rings. The number of urea groups is 1. The first kappa shape index (κ1) is 21.0. The number of hydrogen-bond acceptors (Lipinski definition) is 2. The Morgan fingerprint density at radius 3 is 2.16 bits per heavy atom. The first-order valence-corrected chi connectivity index (χ1v) is 12.1. The highest BCUT2D eigenvalue weighted by Crippen LogP contribution is 2.41. The molecule has 5 nitrogen and oxygen atoms in total. The Bertz CT molecular complexity index is 947. The molecule has 1 aliphatic carbocycles. The van der Waals surface area contributed by atoms with Crippen molar-refractivity contribution in [3.05, 3.63) is 65.7 Å². The monoisotopic (exact) mass is 431 g/mol. The third-order valence-electron chi connectivity index (χ3n) is 7.75. The third-order valence-corrected chi connectivity index (χ3v) is 7.75. The molecule has 1 saturated carbocycles. The maximum Gasteiger partial charge on any atom is 0.320 e. The summed E-state index contributed by atoms with van der Waals surface area (Å²) >= 11 is 0. The number of nitrogens with zero attached hydrogens (tertiary/aromatic N) is 2. The van der Waals surface area contributed by atoms with Gasteiger partial charge in [-0.25, -0.2) is 4.79 Å². The SMILES string of the molecule is CCc1ccc(C2CC(C(=O)Nc3ccccc3)CN(C(=O)N3CC4CCC4C3)C2)cc1. The summed E-state index contributed by atoms with van der Waals surface area (Å²) in [7, 11) is 0. The molecule has 0 radical (unpaired) electrons. The quantitative estimate of drug-likeness (QED) is 0.759. The molecular weight excluding hydrogens is 398 g/mol. The number of aryl methyl sites for hydroxylation is 1. The Labute approximate surface area is 190 Å². The van der Waals surface area contributed by atoms with Gasteiger partial charge in [-0.1, -0.05) is 49.4 Å². The Morgan fingerprint density at radius 2 is 1.53 bits per heavy atom. The summed E-state index contributed by atoms with van der Waals surface area (Å²) < 4.78 is 0. The largest absolute Gasteiger partial charge is 0.326 e. The number of likely N-dealkylation sites (tertiary alicyclic amines) is 2. The second kappa shape index (κ2) is 8.97. The van der Waals surface area contributed by atoms with E-state index >= 15 is 0 Å². The molecule has 5 rings (SSSR count). The minimum absolute atomic E-state index is 0.00497. The van der Waals surface area contributed by atoms with Crippen molar-refractivity contribution in [1.29, 1.82) is 0 Å². The molecule has 1 N–H and O–H groups in total. The predicted molar refractivity (Wildman–Crippen MR) is 126 cm³/mol. The number of rotatable bonds is 4. The van der Waals surface area contributed by atoms with Gasteiger partial charge < -0.3 is 15.1 Å². The first-order valence-electron chi connectivity index (χ1n) is 12.1. The normalized spacial score (nSPS) is 26.9. The van der Waals surface area contributed by atoms with Crippen LogP contribution in [0.3, 0.4) is 0 Å². The van der Waals surface area contributed by atoms with Crippen molar-refractivity contribution in [3.8, 4) is 0 Å². The van der Waals surface area contributed by atoms with E-state index in [0.29, 0.717) is 24.9 Å². The molecule has 4 unspecified atom stereocenters. The Hall–Kier alpha value is -2.82. The smallest absolute Gasteiger partial charge is 0.320 e. The van der Waals surface area contributed by atoms with E-state index in [1.54, 1.807) is 0 Å². The molecule has 168 valence electrons. The minimum atomic E-state index is -0.219. The van der Waals surface area contributed by atoms with Gasteiger partial charge >= 0.3 is 6.03 Å². The highest BCUT2D eigenvalue weighted by molar-refractivity contribution is 5.93. The first-order chi connectivity index (χ1) is 15.6. The molecule has 0 spiro atoms. The lowest BCUT2D eigenvalue weighted by atomic mass is 9.77. The number of fused-ring (bicyclic) bond motifs is 1. The van der Waals surface area contributed by atoms with E-state index in [9.17, 15) is 9.59 Å². The van der Waals surface area contributed by atoms with Crippen LogP contribution in [-0.2, 0) is 11.2 Å². The molecular formula is C27H33N3O2. The van der Waals surface area contributed by atoms with Crippen LogP contribution in [-0.4, -0.2) is 47.9 Å². The molecule has 2 aliphatic heterocycles. The number of carbonyl (C=O) groups is 2. The fourth-order valence-electron chi connectivity index (χ4n) is 5.59. The Kier molecular flexibility index (Phi) is 5.90. The van der Waals surface area contributed by atoms with Crippen LogP contribution in [0.15, 0.2) is 54.6 Å². The van der Waals surface area contributed by atoms with Crippen molar-refractivity contribution in [2.45, 2.75) is 38.5 Å². The van der Waals surface area contributed by atoms with E-state index in [4.69, 9.17) is 0 Å². The molecule has 3 aliphatic rings. The average molecular weight is 432 g/mol. The van der Waals surface area contributed by atoms with Crippen LogP contribution in [0.2, 0.25) is 0 Å². The van der Waals surface area contributed by atoms with Crippen molar-refractivity contribution >= 4 is 17.6 Å². The Morgan fingerprint density at radius 1 is 0.875 bits per heavy atom. The number of carbonyl (C=O) groups excluding carboxylic acids is 2. The summed E-state index contributed by atoms with van der Waals surface area (Å²) in [6, 6.07) is 18.4. The number of nitrogens with one attached hydrogen (secondary N) is 1. The van der Waals surface area contributed by atoms with Crippen molar-refractivity contribution in [2.24, 2.45) is 17.8 Å². The van der Waals surface area contributed by atoms with Gasteiger partial charge in [0.05, 0.1) is 5.92 Å². The van der Waals surface area contributed by atoms with E-state index in [-0.39, 0.29) is 23.8 Å². The zero-order valence-corrected chi connectivity index (χ0v) is 18.9. The summed E-state index contributed by atoms with van der Waals surface area (Å²) in [5.74, 6) is 1.34. The van der Waals surface area contributed by atoms with Gasteiger partial charge in [-0.15, -0.1) is 0 Å². The summed E-state index contributed by atoms with van der Waals surface area (Å²) in [5, 5.41) is 3.06. The van der Waals surface area contributed by atoms with Crippen LogP contribution in [0.4, 0.5) is 10.5 Å². The van der Waals surface area contributed by atoms with E-state index < -0.39 is 0 Å². The molecule has 2 saturated heterocycles. The van der Waals surface area contributed by atoms with Gasteiger partial charge in [0.15, 0.2) is 0 Å². The minimum Gasteiger partial charge on any atom is -0.326 e. The second-order valence-electron chi connectivity index (χ2n) is 9.77. The number of benzene rings is 2. The van der Waals surface area contributed by atoms with E-state index in [2.05, 4.69) is 36.5 Å². The van der Waals surface area contributed by atoms with Crippen LogP contribution in [0, 0.1) is 17.8 Å². The molecule has 3 amide bonds. The van der Waals surface area contributed by atoms with Crippen LogP contribution >= 0.6 is 0 Å². The molecule has 5 heteroatoms. The van der Waals surface area contributed by atoms with E-state index in [1.165, 1.54) is 24.0 Å². The number of para-hydroxylation sites is 1. The standard InChI is InChI=1S/C27H33N3O2/c1-2-19-8-10-20(11-9-19)23-14-24(26(31)28-25-6-4-3-5-7-25)18-30(17-23)27(32)29-15-21-12-13-22(21)16-29/h3-11,21-24H,2,12-18H2,1H3,(H,28,31). The van der Waals surface area contributed by atoms with Crippen LogP contribution < -0.4 is 5.32 Å². The van der Waals surface area contributed by atoms with Crippen molar-refractivity contribution in [3.63, 3.8) is 0 Å². The van der Waals surface area contributed by atoms with Gasteiger partial charge in [-0.3, -0.25) is 4.79 Å². The fourth-order valence-corrected chi connectivity index (χ4v) is 5.59. The number of hydrogen-bond donors (Lipinski definition) is 1. The number of amides is 3. The zero-order valence-electron chi connectivity index (χ0n) is 18.9. The van der Waals surface area contributed by atoms with E-state index in [1.807, 2.05) is 40.1 Å². The predicted octanol–water partition coefficient (Wildman–Crippen LogP) is 4.76. The Balaban J connectivity index is 1.34. The highest BCUT2D eigenvalue weighted by atomic mass is 16.2. The van der Waals surface area contributed by atoms with Gasteiger partial charge in [0.2, 0.25) is 5.91 Å². The lowest BCUT2D eigenvalue weighted by molar-refractivity contribution is -0.121. The molecule has 0 bridgehead atoms. The molecule has 2 aromatic carbocycles. The number of piperidine rings is 1. The molecule has 3 fully saturated rings. The third kappa shape index (κ3) is 4.25. The lowest BCUT2D eigenvalue weighted by Crippen LogP contribution is -2.51. The van der Waals surface area contributed by atoms with Gasteiger partial charge in [0.25, 0.3) is 0 Å². The zero-order chi connectivity index (χ0) is 22.1. The molecule has 0 aromatic heterocycles. The number of anilines is 1. The molecule has 32 heavy (non-hydrogen) atoms. The van der Waals surface area contributed by atoms with Crippen LogP contribution in [0.5, 0.6) is 0 Å². The van der Waals surface area contributed by atoms with Gasteiger partial charge in [-0.05, 0) is 60.8 Å². The molecule has 2 heterocycles. The second-order valence-corrected chi connectivity index (χ2v) is 9.77. The van der Waals surface area contributed by atoms with Crippen LogP contribution in [0.25, 0.3) is 0 Å². The average Bonchev–Trinajstić information content (AvgIpc) is 3.12. The van der Waals surface area contributed by atoms with E-state index in [0.717, 1.165) is 31.6 Å². The van der Waals surface area contributed by atoms with Crippen molar-refractivity contribution in [2.75, 3.05) is 31.5 Å². The maximum absolute atomic E-state index is 13.4. The summed E-state index contributed by atoms with van der Waals surface area (Å²) in [5.41, 5.74) is 3.34. The van der Waals surface area contributed by atoms with Crippen molar-refractivity contribution in [1.82, 2.24) is 9.80 Å². The van der Waals surface area contributed by atoms with Crippen molar-refractivity contribution < 1.29 is 9.59 Å². The van der Waals surface area contributed by atoms with Gasteiger partial charge in [-0.2, -0.15) is 0 Å². The van der Waals surface area contributed by atoms with Gasteiger partial charge in [0.1, 0.15) is 0 Å². The fraction of sp³-hybridized carbons (Fsp3) is 0.481. The molecule has 4 atom stereocenters.